The Kier molecular flexibility index (Phi) is 7.41. The Hall–Kier alpha value is -2.46. The van der Waals surface area contributed by atoms with E-state index in [-0.39, 0.29) is 11.7 Å². The number of thioether (sulfide) groups is 1. The second-order valence-electron chi connectivity index (χ2n) is 6.71. The van der Waals surface area contributed by atoms with Crippen LogP contribution in [0.15, 0.2) is 74.7 Å². The standard InChI is InChI=1S/C22H17BrClN5OS2/c1-14-2-4-15(5-3-14)21-27-28-22(29(21)17-8-6-16(24)7-9-17)31-13-20(30)26-25-12-18-10-11-19(23)32-18/h2-12H,13H2,1H3,(H,26,30)/b25-12-. The Labute approximate surface area is 206 Å². The van der Waals surface area contributed by atoms with Crippen LogP contribution in [0.1, 0.15) is 10.4 Å². The van der Waals surface area contributed by atoms with Gasteiger partial charge in [-0.15, -0.1) is 21.5 Å². The van der Waals surface area contributed by atoms with E-state index in [4.69, 9.17) is 11.6 Å². The highest BCUT2D eigenvalue weighted by atomic mass is 79.9. The van der Waals surface area contributed by atoms with Crippen molar-refractivity contribution in [3.63, 3.8) is 0 Å². The molecule has 0 saturated carbocycles. The van der Waals surface area contributed by atoms with E-state index in [9.17, 15) is 4.79 Å². The minimum atomic E-state index is -0.232. The number of benzene rings is 2. The van der Waals surface area contributed by atoms with Gasteiger partial charge in [0.1, 0.15) is 0 Å². The molecule has 2 heterocycles. The van der Waals surface area contributed by atoms with Crippen LogP contribution < -0.4 is 5.43 Å². The normalized spacial score (nSPS) is 11.2. The van der Waals surface area contributed by atoms with Gasteiger partial charge in [-0.05, 0) is 59.3 Å². The lowest BCUT2D eigenvalue weighted by molar-refractivity contribution is -0.118. The molecule has 0 fully saturated rings. The Morgan fingerprint density at radius 2 is 1.91 bits per heavy atom. The maximum atomic E-state index is 12.3. The fourth-order valence-electron chi connectivity index (χ4n) is 2.80. The van der Waals surface area contributed by atoms with Gasteiger partial charge in [0.25, 0.3) is 5.91 Å². The average molecular weight is 547 g/mol. The number of aromatic nitrogens is 3. The maximum absolute atomic E-state index is 12.3. The van der Waals surface area contributed by atoms with Crippen molar-refractivity contribution in [1.29, 1.82) is 0 Å². The van der Waals surface area contributed by atoms with Crippen molar-refractivity contribution in [3.05, 3.63) is 79.9 Å². The number of hydrazone groups is 1. The lowest BCUT2D eigenvalue weighted by Gasteiger charge is -2.10. The zero-order chi connectivity index (χ0) is 22.5. The summed E-state index contributed by atoms with van der Waals surface area (Å²) >= 11 is 12.3. The van der Waals surface area contributed by atoms with Crippen molar-refractivity contribution in [2.24, 2.45) is 5.10 Å². The molecule has 0 saturated heterocycles. The number of rotatable bonds is 7. The first-order chi connectivity index (χ1) is 15.5. The van der Waals surface area contributed by atoms with Gasteiger partial charge in [-0.1, -0.05) is 53.2 Å². The van der Waals surface area contributed by atoms with Gasteiger partial charge in [0, 0.05) is 21.2 Å². The van der Waals surface area contributed by atoms with Gasteiger partial charge in [-0.2, -0.15) is 5.10 Å². The van der Waals surface area contributed by atoms with Crippen LogP contribution in [-0.4, -0.2) is 32.6 Å². The van der Waals surface area contributed by atoms with E-state index in [0.29, 0.717) is 16.0 Å². The molecule has 1 amide bonds. The van der Waals surface area contributed by atoms with E-state index in [1.165, 1.54) is 23.1 Å². The first-order valence-corrected chi connectivity index (χ1v) is 12.5. The third-order valence-corrected chi connectivity index (χ3v) is 7.07. The molecule has 162 valence electrons. The minimum absolute atomic E-state index is 0.144. The number of halogens is 2. The van der Waals surface area contributed by atoms with Crippen molar-refractivity contribution in [2.45, 2.75) is 12.1 Å². The molecule has 6 nitrogen and oxygen atoms in total. The number of nitrogens with zero attached hydrogens (tertiary/aromatic N) is 4. The molecular formula is C22H17BrClN5OS2. The quantitative estimate of drug-likeness (QED) is 0.176. The summed E-state index contributed by atoms with van der Waals surface area (Å²) < 4.78 is 2.93. The van der Waals surface area contributed by atoms with Crippen LogP contribution in [0.5, 0.6) is 0 Å². The Bertz CT molecular complexity index is 1250. The number of thiophene rings is 1. The van der Waals surface area contributed by atoms with Crippen molar-refractivity contribution in [1.82, 2.24) is 20.2 Å². The van der Waals surface area contributed by atoms with Gasteiger partial charge in [0.2, 0.25) is 0 Å². The molecule has 0 unspecified atom stereocenters. The SMILES string of the molecule is Cc1ccc(-c2nnc(SCC(=O)N/N=C\c3ccc(Br)s3)n2-c2ccc(Cl)cc2)cc1. The molecule has 0 atom stereocenters. The summed E-state index contributed by atoms with van der Waals surface area (Å²) in [6.07, 6.45) is 1.61. The van der Waals surface area contributed by atoms with E-state index >= 15 is 0 Å². The maximum Gasteiger partial charge on any atom is 0.250 e. The molecule has 4 rings (SSSR count). The third kappa shape index (κ3) is 5.66. The number of amides is 1. The van der Waals surface area contributed by atoms with E-state index in [2.05, 4.69) is 36.7 Å². The van der Waals surface area contributed by atoms with E-state index < -0.39 is 0 Å². The second kappa shape index (κ2) is 10.4. The lowest BCUT2D eigenvalue weighted by Crippen LogP contribution is -2.19. The molecule has 0 radical (unpaired) electrons. The van der Waals surface area contributed by atoms with Crippen LogP contribution in [0.25, 0.3) is 17.1 Å². The molecule has 1 N–H and O–H groups in total. The van der Waals surface area contributed by atoms with Crippen LogP contribution in [0.2, 0.25) is 5.02 Å². The van der Waals surface area contributed by atoms with E-state index in [1.807, 2.05) is 72.2 Å². The summed E-state index contributed by atoms with van der Waals surface area (Å²) in [7, 11) is 0. The summed E-state index contributed by atoms with van der Waals surface area (Å²) in [4.78, 5) is 13.2. The molecule has 0 aliphatic rings. The van der Waals surface area contributed by atoms with Crippen molar-refractivity contribution in [2.75, 3.05) is 5.75 Å². The number of hydrogen-bond acceptors (Lipinski definition) is 6. The van der Waals surface area contributed by atoms with Crippen LogP contribution in [0, 0.1) is 6.92 Å². The smallest absolute Gasteiger partial charge is 0.250 e. The summed E-state index contributed by atoms with van der Waals surface area (Å²) in [6, 6.07) is 19.3. The van der Waals surface area contributed by atoms with Gasteiger partial charge < -0.3 is 0 Å². The third-order valence-electron chi connectivity index (χ3n) is 4.34. The summed E-state index contributed by atoms with van der Waals surface area (Å²) in [5.41, 5.74) is 5.50. The van der Waals surface area contributed by atoms with Crippen LogP contribution in [0.3, 0.4) is 0 Å². The minimum Gasteiger partial charge on any atom is -0.272 e. The molecule has 4 aromatic rings. The largest absolute Gasteiger partial charge is 0.272 e. The predicted octanol–water partition coefficient (Wildman–Crippen LogP) is 5.96. The van der Waals surface area contributed by atoms with E-state index in [0.717, 1.165) is 25.5 Å². The molecule has 32 heavy (non-hydrogen) atoms. The molecule has 0 spiro atoms. The number of nitrogens with one attached hydrogen (secondary N) is 1. The van der Waals surface area contributed by atoms with Crippen LogP contribution in [-0.2, 0) is 4.79 Å². The number of carbonyl (C=O) groups excluding carboxylic acids is 1. The number of carbonyl (C=O) groups is 1. The average Bonchev–Trinajstić information content (AvgIpc) is 3.39. The molecule has 10 heteroatoms. The van der Waals surface area contributed by atoms with Gasteiger partial charge >= 0.3 is 0 Å². The molecule has 0 aliphatic heterocycles. The van der Waals surface area contributed by atoms with Gasteiger partial charge in [-0.3, -0.25) is 9.36 Å². The Balaban J connectivity index is 1.52. The van der Waals surface area contributed by atoms with Crippen molar-refractivity contribution >= 4 is 62.8 Å². The van der Waals surface area contributed by atoms with Crippen LogP contribution in [0.4, 0.5) is 0 Å². The highest BCUT2D eigenvalue weighted by Gasteiger charge is 2.17. The number of hydrogen-bond donors (Lipinski definition) is 1. The van der Waals surface area contributed by atoms with Crippen molar-refractivity contribution in [3.8, 4) is 17.1 Å². The van der Waals surface area contributed by atoms with E-state index in [1.54, 1.807) is 6.21 Å². The molecular weight excluding hydrogens is 530 g/mol. The Morgan fingerprint density at radius 3 is 2.59 bits per heavy atom. The van der Waals surface area contributed by atoms with Gasteiger partial charge in [-0.25, -0.2) is 5.43 Å². The fourth-order valence-corrected chi connectivity index (χ4v) is 4.97. The second-order valence-corrected chi connectivity index (χ2v) is 10.6. The zero-order valence-corrected chi connectivity index (χ0v) is 20.8. The Morgan fingerprint density at radius 1 is 1.16 bits per heavy atom. The van der Waals surface area contributed by atoms with Gasteiger partial charge in [0.15, 0.2) is 11.0 Å². The highest BCUT2D eigenvalue weighted by molar-refractivity contribution is 9.11. The molecule has 2 aromatic heterocycles. The fraction of sp³-hybridized carbons (Fsp3) is 0.0909. The predicted molar refractivity (Wildman–Crippen MR) is 135 cm³/mol. The molecule has 2 aromatic carbocycles. The summed E-state index contributed by atoms with van der Waals surface area (Å²) in [5.74, 6) is 0.603. The summed E-state index contributed by atoms with van der Waals surface area (Å²) in [5, 5.41) is 14.0. The number of aryl methyl sites for hydroxylation is 1. The van der Waals surface area contributed by atoms with Crippen LogP contribution >= 0.6 is 50.6 Å². The first kappa shape index (κ1) is 22.7. The summed E-state index contributed by atoms with van der Waals surface area (Å²) in [6.45, 7) is 2.04. The lowest BCUT2D eigenvalue weighted by atomic mass is 10.1. The first-order valence-electron chi connectivity index (χ1n) is 9.48. The molecule has 0 bridgehead atoms. The molecule has 0 aliphatic carbocycles. The van der Waals surface area contributed by atoms with Crippen molar-refractivity contribution < 1.29 is 4.79 Å². The highest BCUT2D eigenvalue weighted by Crippen LogP contribution is 2.28. The van der Waals surface area contributed by atoms with Gasteiger partial charge in [0.05, 0.1) is 15.8 Å². The monoisotopic (exact) mass is 545 g/mol. The zero-order valence-electron chi connectivity index (χ0n) is 16.8. The topological polar surface area (TPSA) is 72.2 Å².